The maximum atomic E-state index is 4.43. The molecule has 1 aliphatic carbocycles. The molecule has 3 rings (SSSR count). The smallest absolute Gasteiger partial charge is 0.191 e. The average molecular weight is 456 g/mol. The highest BCUT2D eigenvalue weighted by molar-refractivity contribution is 14.0. The molecular formula is C20H33IN4. The van der Waals surface area contributed by atoms with Gasteiger partial charge in [-0.15, -0.1) is 24.0 Å². The molecule has 1 aromatic rings. The summed E-state index contributed by atoms with van der Waals surface area (Å²) in [6.07, 6.45) is 6.45. The van der Waals surface area contributed by atoms with E-state index in [0.717, 1.165) is 25.0 Å². The summed E-state index contributed by atoms with van der Waals surface area (Å²) in [6.45, 7) is 4.45. The van der Waals surface area contributed by atoms with Gasteiger partial charge in [-0.25, -0.2) is 0 Å². The number of benzene rings is 1. The maximum absolute atomic E-state index is 4.43. The standard InChI is InChI=1S/C20H32N4.HI/c1-21-19(22-15-17-9-13-24(2)14-10-17)23-16-20(11-6-12-20)18-7-4-3-5-8-18;/h3-5,7-8,17H,6,9-16H2,1-2H3,(H2,21,22,23);1H. The summed E-state index contributed by atoms with van der Waals surface area (Å²) in [4.78, 5) is 6.85. The van der Waals surface area contributed by atoms with Gasteiger partial charge in [-0.3, -0.25) is 4.99 Å². The Labute approximate surface area is 169 Å². The molecule has 0 unspecified atom stereocenters. The van der Waals surface area contributed by atoms with Gasteiger partial charge in [-0.2, -0.15) is 0 Å². The Hall–Kier alpha value is -0.820. The van der Waals surface area contributed by atoms with Crippen molar-refractivity contribution in [3.63, 3.8) is 0 Å². The molecule has 25 heavy (non-hydrogen) atoms. The minimum Gasteiger partial charge on any atom is -0.356 e. The molecule has 1 saturated carbocycles. The molecule has 0 bridgehead atoms. The highest BCUT2D eigenvalue weighted by atomic mass is 127. The summed E-state index contributed by atoms with van der Waals surface area (Å²) < 4.78 is 0. The molecule has 4 nitrogen and oxygen atoms in total. The van der Waals surface area contributed by atoms with Crippen LogP contribution in [0.25, 0.3) is 0 Å². The maximum Gasteiger partial charge on any atom is 0.191 e. The normalized spacial score (nSPS) is 21.1. The number of hydrogen-bond donors (Lipinski definition) is 2. The first kappa shape index (κ1) is 20.5. The van der Waals surface area contributed by atoms with E-state index in [9.17, 15) is 0 Å². The van der Waals surface area contributed by atoms with Crippen LogP contribution in [-0.4, -0.2) is 51.1 Å². The fraction of sp³-hybridized carbons (Fsp3) is 0.650. The van der Waals surface area contributed by atoms with Crippen molar-refractivity contribution in [3.8, 4) is 0 Å². The zero-order chi connectivity index (χ0) is 16.8. The number of guanidine groups is 1. The highest BCUT2D eigenvalue weighted by Crippen LogP contribution is 2.43. The van der Waals surface area contributed by atoms with Crippen LogP contribution < -0.4 is 10.6 Å². The van der Waals surface area contributed by atoms with Crippen LogP contribution in [-0.2, 0) is 5.41 Å². The molecule has 0 aromatic heterocycles. The predicted molar refractivity (Wildman–Crippen MR) is 117 cm³/mol. The molecule has 0 atom stereocenters. The van der Waals surface area contributed by atoms with E-state index in [1.54, 1.807) is 0 Å². The second kappa shape index (κ2) is 9.76. The first-order valence-electron chi connectivity index (χ1n) is 9.40. The zero-order valence-electron chi connectivity index (χ0n) is 15.6. The third-order valence-electron chi connectivity index (χ3n) is 5.91. The molecule has 2 aliphatic rings. The van der Waals surface area contributed by atoms with Crippen molar-refractivity contribution in [1.82, 2.24) is 15.5 Å². The molecule has 0 radical (unpaired) electrons. The van der Waals surface area contributed by atoms with Crippen LogP contribution in [0.5, 0.6) is 0 Å². The van der Waals surface area contributed by atoms with Crippen molar-refractivity contribution in [3.05, 3.63) is 35.9 Å². The first-order chi connectivity index (χ1) is 11.7. The Morgan fingerprint density at radius 2 is 1.84 bits per heavy atom. The lowest BCUT2D eigenvalue weighted by Gasteiger charge is -2.43. The second-order valence-corrected chi connectivity index (χ2v) is 7.55. The van der Waals surface area contributed by atoms with Gasteiger partial charge in [0.25, 0.3) is 0 Å². The van der Waals surface area contributed by atoms with E-state index < -0.39 is 0 Å². The summed E-state index contributed by atoms with van der Waals surface area (Å²) in [5.41, 5.74) is 1.77. The lowest BCUT2D eigenvalue weighted by Crippen LogP contribution is -2.49. The molecule has 0 spiro atoms. The van der Waals surface area contributed by atoms with Gasteiger partial charge in [0.05, 0.1) is 0 Å². The topological polar surface area (TPSA) is 39.7 Å². The van der Waals surface area contributed by atoms with E-state index in [1.165, 1.54) is 50.8 Å². The molecule has 1 saturated heterocycles. The van der Waals surface area contributed by atoms with Gasteiger partial charge in [-0.1, -0.05) is 36.8 Å². The largest absolute Gasteiger partial charge is 0.356 e. The molecule has 1 aromatic carbocycles. The summed E-state index contributed by atoms with van der Waals surface area (Å²) in [7, 11) is 4.09. The van der Waals surface area contributed by atoms with Gasteiger partial charge < -0.3 is 15.5 Å². The van der Waals surface area contributed by atoms with Crippen LogP contribution in [0.4, 0.5) is 0 Å². The Kier molecular flexibility index (Phi) is 8.00. The molecule has 0 amide bonds. The molecule has 2 N–H and O–H groups in total. The number of halogens is 1. The SMILES string of the molecule is CN=C(NCC1CCN(C)CC1)NCC1(c2ccccc2)CCC1.I. The van der Waals surface area contributed by atoms with Gasteiger partial charge in [0, 0.05) is 25.6 Å². The minimum atomic E-state index is 0. The van der Waals surface area contributed by atoms with Gasteiger partial charge >= 0.3 is 0 Å². The van der Waals surface area contributed by atoms with E-state index >= 15 is 0 Å². The van der Waals surface area contributed by atoms with Crippen molar-refractivity contribution < 1.29 is 0 Å². The minimum absolute atomic E-state index is 0. The molecule has 2 fully saturated rings. The van der Waals surface area contributed by atoms with Crippen molar-refractivity contribution in [2.75, 3.05) is 40.3 Å². The van der Waals surface area contributed by atoms with E-state index in [-0.39, 0.29) is 24.0 Å². The van der Waals surface area contributed by atoms with Crippen LogP contribution in [0, 0.1) is 5.92 Å². The highest BCUT2D eigenvalue weighted by Gasteiger charge is 2.38. The van der Waals surface area contributed by atoms with Crippen LogP contribution in [0.15, 0.2) is 35.3 Å². The molecule has 1 heterocycles. The van der Waals surface area contributed by atoms with Crippen molar-refractivity contribution in [2.45, 2.75) is 37.5 Å². The van der Waals surface area contributed by atoms with Gasteiger partial charge in [0.15, 0.2) is 5.96 Å². The second-order valence-electron chi connectivity index (χ2n) is 7.55. The van der Waals surface area contributed by atoms with Crippen LogP contribution >= 0.6 is 24.0 Å². The lowest BCUT2D eigenvalue weighted by atomic mass is 9.64. The fourth-order valence-electron chi connectivity index (χ4n) is 3.94. The summed E-state index contributed by atoms with van der Waals surface area (Å²) in [5, 5.41) is 7.13. The van der Waals surface area contributed by atoms with Gasteiger partial charge in [-0.05, 0) is 57.3 Å². The van der Waals surface area contributed by atoms with Crippen molar-refractivity contribution in [1.29, 1.82) is 0 Å². The van der Waals surface area contributed by atoms with Crippen molar-refractivity contribution in [2.24, 2.45) is 10.9 Å². The first-order valence-corrected chi connectivity index (χ1v) is 9.40. The number of hydrogen-bond acceptors (Lipinski definition) is 2. The van der Waals surface area contributed by atoms with Crippen molar-refractivity contribution >= 4 is 29.9 Å². The van der Waals surface area contributed by atoms with Gasteiger partial charge in [0.1, 0.15) is 0 Å². The number of aliphatic imine (C=N–C) groups is 1. The fourth-order valence-corrected chi connectivity index (χ4v) is 3.94. The summed E-state index contributed by atoms with van der Waals surface area (Å²) in [6, 6.07) is 11.0. The summed E-state index contributed by atoms with van der Waals surface area (Å²) in [5.74, 6) is 1.72. The Morgan fingerprint density at radius 3 is 2.40 bits per heavy atom. The Balaban J connectivity index is 0.00000225. The molecular weight excluding hydrogens is 423 g/mol. The zero-order valence-corrected chi connectivity index (χ0v) is 18.0. The monoisotopic (exact) mass is 456 g/mol. The quantitative estimate of drug-likeness (QED) is 0.406. The van der Waals surface area contributed by atoms with Crippen LogP contribution in [0.3, 0.4) is 0 Å². The molecule has 1 aliphatic heterocycles. The number of piperidine rings is 1. The van der Waals surface area contributed by atoms with E-state index in [2.05, 4.69) is 57.9 Å². The predicted octanol–water partition coefficient (Wildman–Crippen LogP) is 3.23. The van der Waals surface area contributed by atoms with Crippen LogP contribution in [0.1, 0.15) is 37.7 Å². The van der Waals surface area contributed by atoms with E-state index in [0.29, 0.717) is 5.41 Å². The molecule has 140 valence electrons. The van der Waals surface area contributed by atoms with Crippen LogP contribution in [0.2, 0.25) is 0 Å². The number of nitrogens with zero attached hydrogens (tertiary/aromatic N) is 2. The third kappa shape index (κ3) is 5.33. The Bertz CT molecular complexity index is 534. The number of nitrogens with one attached hydrogen (secondary N) is 2. The van der Waals surface area contributed by atoms with E-state index in [4.69, 9.17) is 0 Å². The van der Waals surface area contributed by atoms with Gasteiger partial charge in [0.2, 0.25) is 0 Å². The molecule has 5 heteroatoms. The van der Waals surface area contributed by atoms with E-state index in [1.807, 2.05) is 7.05 Å². The third-order valence-corrected chi connectivity index (χ3v) is 5.91. The lowest BCUT2D eigenvalue weighted by molar-refractivity contribution is 0.219. The average Bonchev–Trinajstić information content (AvgIpc) is 2.59. The number of likely N-dealkylation sites (tertiary alicyclic amines) is 1. The summed E-state index contributed by atoms with van der Waals surface area (Å²) >= 11 is 0. The number of rotatable bonds is 5. The Morgan fingerprint density at radius 1 is 1.16 bits per heavy atom.